The van der Waals surface area contributed by atoms with Crippen LogP contribution in [-0.2, 0) is 19.5 Å². The zero-order valence-electron chi connectivity index (χ0n) is 20.3. The Morgan fingerprint density at radius 3 is 2.46 bits per heavy atom. The number of carbonyl (C=O) groups is 2. The zero-order chi connectivity index (χ0) is 26.2. The molecule has 0 atom stereocenters. The van der Waals surface area contributed by atoms with E-state index >= 15 is 0 Å². The van der Waals surface area contributed by atoms with Crippen molar-refractivity contribution in [3.63, 3.8) is 0 Å². The first kappa shape index (κ1) is 25.3. The smallest absolute Gasteiger partial charge is 0.273 e. The fraction of sp³-hybridized carbons (Fsp3) is 0.179. The second-order valence-electron chi connectivity index (χ2n) is 8.62. The maximum atomic E-state index is 13.3. The van der Waals surface area contributed by atoms with Crippen LogP contribution in [0.5, 0.6) is 0 Å². The minimum absolute atomic E-state index is 0.0482. The quantitative estimate of drug-likeness (QED) is 0.250. The molecule has 0 unspecified atom stereocenters. The second kappa shape index (κ2) is 11.8. The number of nitrogens with zero attached hydrogens (tertiary/aromatic N) is 3. The molecular weight excluding hydrogens is 472 g/mol. The first-order valence-electron chi connectivity index (χ1n) is 11.8. The third kappa shape index (κ3) is 6.88. The molecule has 1 aromatic heterocycles. The van der Waals surface area contributed by atoms with Crippen molar-refractivity contribution in [1.82, 2.24) is 15.4 Å². The lowest BCUT2D eigenvalue weighted by atomic mass is 10.1. The summed E-state index contributed by atoms with van der Waals surface area (Å²) in [6.07, 6.45) is 0.569. The average Bonchev–Trinajstić information content (AvgIpc) is 3.39. The molecule has 188 valence electrons. The van der Waals surface area contributed by atoms with Crippen LogP contribution in [0.15, 0.2) is 89.5 Å². The van der Waals surface area contributed by atoms with Crippen molar-refractivity contribution < 1.29 is 19.0 Å². The summed E-state index contributed by atoms with van der Waals surface area (Å²) in [6, 6.07) is 24.6. The number of amides is 2. The monoisotopic (exact) mass is 498 g/mol. The SMILES string of the molecule is Cc1ccc(CNC(=O)c2cc(CN(CCc3ccccc3)C(=O)c3cccc([N+](=O)[O-])c3)on2)cc1. The van der Waals surface area contributed by atoms with Crippen molar-refractivity contribution in [2.45, 2.75) is 26.4 Å². The van der Waals surface area contributed by atoms with Gasteiger partial charge < -0.3 is 14.7 Å². The lowest BCUT2D eigenvalue weighted by molar-refractivity contribution is -0.384. The van der Waals surface area contributed by atoms with Gasteiger partial charge in [-0.1, -0.05) is 71.4 Å². The topological polar surface area (TPSA) is 119 Å². The lowest BCUT2D eigenvalue weighted by Crippen LogP contribution is -2.32. The summed E-state index contributed by atoms with van der Waals surface area (Å²) in [5, 5.41) is 17.9. The Morgan fingerprint density at radius 1 is 0.973 bits per heavy atom. The number of rotatable bonds is 10. The van der Waals surface area contributed by atoms with E-state index in [0.29, 0.717) is 25.3 Å². The molecule has 0 saturated carbocycles. The molecule has 0 aliphatic heterocycles. The summed E-state index contributed by atoms with van der Waals surface area (Å²) in [6.45, 7) is 2.72. The molecule has 9 heteroatoms. The van der Waals surface area contributed by atoms with Gasteiger partial charge in [-0.15, -0.1) is 0 Å². The largest absolute Gasteiger partial charge is 0.359 e. The van der Waals surface area contributed by atoms with Crippen LogP contribution in [0.2, 0.25) is 0 Å². The van der Waals surface area contributed by atoms with E-state index in [0.717, 1.165) is 16.7 Å². The first-order chi connectivity index (χ1) is 17.9. The molecule has 9 nitrogen and oxygen atoms in total. The molecule has 3 aromatic carbocycles. The predicted molar refractivity (Wildman–Crippen MR) is 137 cm³/mol. The van der Waals surface area contributed by atoms with Gasteiger partial charge in [-0.25, -0.2) is 0 Å². The number of hydrogen-bond donors (Lipinski definition) is 1. The van der Waals surface area contributed by atoms with Gasteiger partial charge >= 0.3 is 0 Å². The molecule has 0 aliphatic rings. The molecule has 0 radical (unpaired) electrons. The van der Waals surface area contributed by atoms with E-state index in [1.54, 1.807) is 0 Å². The molecular formula is C28H26N4O5. The number of nitrogens with one attached hydrogen (secondary N) is 1. The molecule has 0 fully saturated rings. The van der Waals surface area contributed by atoms with Crippen molar-refractivity contribution in [2.75, 3.05) is 6.54 Å². The highest BCUT2D eigenvalue weighted by atomic mass is 16.6. The number of benzene rings is 3. The van der Waals surface area contributed by atoms with Gasteiger partial charge in [-0.3, -0.25) is 19.7 Å². The summed E-state index contributed by atoms with van der Waals surface area (Å²) < 4.78 is 5.37. The van der Waals surface area contributed by atoms with E-state index in [1.165, 1.54) is 35.2 Å². The maximum absolute atomic E-state index is 13.3. The van der Waals surface area contributed by atoms with Crippen LogP contribution in [0.1, 0.15) is 43.3 Å². The standard InChI is InChI=1S/C28H26N4O5/c1-20-10-12-22(13-11-20)18-29-27(33)26-17-25(37-30-26)19-31(15-14-21-6-3-2-4-7-21)28(34)23-8-5-9-24(16-23)32(35)36/h2-13,16-17H,14-15,18-19H2,1H3,(H,29,33). The Morgan fingerprint density at radius 2 is 1.73 bits per heavy atom. The van der Waals surface area contributed by atoms with Crippen LogP contribution < -0.4 is 5.32 Å². The van der Waals surface area contributed by atoms with Gasteiger partial charge in [0.1, 0.15) is 0 Å². The number of non-ortho nitro benzene ring substituents is 1. The van der Waals surface area contributed by atoms with Crippen molar-refractivity contribution in [1.29, 1.82) is 0 Å². The van der Waals surface area contributed by atoms with Crippen molar-refractivity contribution in [2.24, 2.45) is 0 Å². The Kier molecular flexibility index (Phi) is 8.05. The van der Waals surface area contributed by atoms with E-state index in [1.807, 2.05) is 61.5 Å². The maximum Gasteiger partial charge on any atom is 0.273 e. The molecule has 37 heavy (non-hydrogen) atoms. The van der Waals surface area contributed by atoms with Gasteiger partial charge in [-0.05, 0) is 30.5 Å². The minimum atomic E-state index is -0.539. The Hall–Kier alpha value is -4.79. The van der Waals surface area contributed by atoms with E-state index < -0.39 is 10.8 Å². The first-order valence-corrected chi connectivity index (χ1v) is 11.8. The van der Waals surface area contributed by atoms with Crippen LogP contribution in [0.25, 0.3) is 0 Å². The van der Waals surface area contributed by atoms with Crippen LogP contribution in [-0.4, -0.2) is 33.3 Å². The summed E-state index contributed by atoms with van der Waals surface area (Å²) >= 11 is 0. The van der Waals surface area contributed by atoms with Crippen molar-refractivity contribution in [3.05, 3.63) is 129 Å². The van der Waals surface area contributed by atoms with E-state index in [4.69, 9.17) is 4.52 Å². The van der Waals surface area contributed by atoms with Crippen LogP contribution in [0, 0.1) is 17.0 Å². The van der Waals surface area contributed by atoms with Crippen LogP contribution in [0.3, 0.4) is 0 Å². The average molecular weight is 499 g/mol. The molecule has 0 aliphatic carbocycles. The van der Waals surface area contributed by atoms with Gasteiger partial charge in [0.05, 0.1) is 11.5 Å². The molecule has 2 amide bonds. The molecule has 1 N–H and O–H groups in total. The van der Waals surface area contributed by atoms with Crippen molar-refractivity contribution in [3.8, 4) is 0 Å². The lowest BCUT2D eigenvalue weighted by Gasteiger charge is -2.21. The zero-order valence-corrected chi connectivity index (χ0v) is 20.3. The van der Waals surface area contributed by atoms with Crippen molar-refractivity contribution >= 4 is 17.5 Å². The number of nitro benzene ring substituents is 1. The van der Waals surface area contributed by atoms with E-state index in [2.05, 4.69) is 10.5 Å². The summed E-state index contributed by atoms with van der Waals surface area (Å²) in [4.78, 5) is 38.1. The Balaban J connectivity index is 1.47. The molecule has 4 rings (SSSR count). The van der Waals surface area contributed by atoms with Gasteiger partial charge in [0.2, 0.25) is 0 Å². The van der Waals surface area contributed by atoms with Gasteiger partial charge in [0, 0.05) is 36.9 Å². The van der Waals surface area contributed by atoms with Gasteiger partial charge in [0.25, 0.3) is 17.5 Å². The Bertz CT molecular complexity index is 1380. The summed E-state index contributed by atoms with van der Waals surface area (Å²) in [5.41, 5.74) is 3.25. The second-order valence-corrected chi connectivity index (χ2v) is 8.62. The summed E-state index contributed by atoms with van der Waals surface area (Å²) in [7, 11) is 0. The third-order valence-electron chi connectivity index (χ3n) is 5.82. The van der Waals surface area contributed by atoms with E-state index in [-0.39, 0.29) is 29.4 Å². The number of aromatic nitrogens is 1. The fourth-order valence-corrected chi connectivity index (χ4v) is 3.76. The number of nitro groups is 1. The van der Waals surface area contributed by atoms with Crippen LogP contribution >= 0.6 is 0 Å². The highest BCUT2D eigenvalue weighted by molar-refractivity contribution is 5.95. The van der Waals surface area contributed by atoms with Gasteiger partial charge in [-0.2, -0.15) is 0 Å². The summed E-state index contributed by atoms with van der Waals surface area (Å²) in [5.74, 6) is -0.454. The minimum Gasteiger partial charge on any atom is -0.359 e. The number of aryl methyl sites for hydroxylation is 1. The highest BCUT2D eigenvalue weighted by Crippen LogP contribution is 2.18. The number of carbonyl (C=O) groups excluding carboxylic acids is 2. The highest BCUT2D eigenvalue weighted by Gasteiger charge is 2.21. The fourth-order valence-electron chi connectivity index (χ4n) is 3.76. The third-order valence-corrected chi connectivity index (χ3v) is 5.82. The van der Waals surface area contributed by atoms with Crippen LogP contribution in [0.4, 0.5) is 5.69 Å². The van der Waals surface area contributed by atoms with Gasteiger partial charge in [0.15, 0.2) is 11.5 Å². The molecule has 1 heterocycles. The molecule has 0 saturated heterocycles. The molecule has 0 bridgehead atoms. The van der Waals surface area contributed by atoms with E-state index in [9.17, 15) is 19.7 Å². The predicted octanol–water partition coefficient (Wildman–Crippen LogP) is 4.71. The number of hydrogen-bond acceptors (Lipinski definition) is 6. The Labute approximate surface area is 213 Å². The molecule has 4 aromatic rings. The normalized spacial score (nSPS) is 10.6. The molecule has 0 spiro atoms.